The van der Waals surface area contributed by atoms with Gasteiger partial charge >= 0.3 is 0 Å². The quantitative estimate of drug-likeness (QED) is 0.597. The second-order valence-electron chi connectivity index (χ2n) is 5.16. The number of ether oxygens (including phenoxy) is 1. The fourth-order valence-electron chi connectivity index (χ4n) is 1.58. The summed E-state index contributed by atoms with van der Waals surface area (Å²) in [6.45, 7) is 3.94. The van der Waals surface area contributed by atoms with Crippen LogP contribution >= 0.6 is 0 Å². The van der Waals surface area contributed by atoms with Crippen LogP contribution in [0.2, 0.25) is 0 Å². The van der Waals surface area contributed by atoms with E-state index in [9.17, 15) is 14.0 Å². The van der Waals surface area contributed by atoms with E-state index in [1.165, 1.54) is 32.0 Å². The number of hydrogen-bond acceptors (Lipinski definition) is 3. The Kier molecular flexibility index (Phi) is 6.30. The van der Waals surface area contributed by atoms with Crippen LogP contribution < -0.4 is 10.6 Å². The molecule has 0 saturated carbocycles. The fourth-order valence-corrected chi connectivity index (χ4v) is 1.58. The molecule has 0 heterocycles. The number of amides is 2. The van der Waals surface area contributed by atoms with Crippen molar-refractivity contribution in [2.45, 2.75) is 20.3 Å². The maximum absolute atomic E-state index is 13.5. The monoisotopic (exact) mass is 296 g/mol. The van der Waals surface area contributed by atoms with Crippen LogP contribution in [-0.4, -0.2) is 32.1 Å². The Hall–Kier alpha value is -1.95. The number of anilines is 1. The molecule has 116 valence electrons. The number of carbonyl (C=O) groups excluding carboxylic acids is 2. The minimum Gasteiger partial charge on any atom is -0.385 e. The van der Waals surface area contributed by atoms with E-state index in [1.807, 2.05) is 0 Å². The summed E-state index contributed by atoms with van der Waals surface area (Å²) >= 11 is 0. The molecule has 5 nitrogen and oxygen atoms in total. The highest BCUT2D eigenvalue weighted by molar-refractivity contribution is 6.09. The predicted octanol–water partition coefficient (Wildman–Crippen LogP) is 1.94. The average Bonchev–Trinajstić information content (AvgIpc) is 2.45. The van der Waals surface area contributed by atoms with Gasteiger partial charge in [0.05, 0.1) is 5.69 Å². The maximum atomic E-state index is 13.5. The van der Waals surface area contributed by atoms with Crippen LogP contribution in [0.15, 0.2) is 24.3 Å². The van der Waals surface area contributed by atoms with Crippen LogP contribution in [0, 0.1) is 11.2 Å². The zero-order chi connectivity index (χ0) is 15.9. The summed E-state index contributed by atoms with van der Waals surface area (Å²) in [4.78, 5) is 24.2. The molecule has 2 amide bonds. The van der Waals surface area contributed by atoms with Crippen LogP contribution in [0.4, 0.5) is 10.1 Å². The first kappa shape index (κ1) is 17.1. The topological polar surface area (TPSA) is 67.4 Å². The Morgan fingerprint density at radius 1 is 1.24 bits per heavy atom. The van der Waals surface area contributed by atoms with Gasteiger partial charge in [0.15, 0.2) is 0 Å². The zero-order valence-electron chi connectivity index (χ0n) is 12.5. The number of methoxy groups -OCH3 is 1. The first-order valence-corrected chi connectivity index (χ1v) is 6.73. The van der Waals surface area contributed by atoms with Crippen molar-refractivity contribution in [2.24, 2.45) is 5.41 Å². The minimum absolute atomic E-state index is 0.0581. The van der Waals surface area contributed by atoms with Crippen molar-refractivity contribution in [1.29, 1.82) is 0 Å². The van der Waals surface area contributed by atoms with E-state index in [1.54, 1.807) is 13.2 Å². The van der Waals surface area contributed by atoms with Crippen molar-refractivity contribution < 1.29 is 18.7 Å². The summed E-state index contributed by atoms with van der Waals surface area (Å²) in [7, 11) is 1.58. The van der Waals surface area contributed by atoms with E-state index >= 15 is 0 Å². The van der Waals surface area contributed by atoms with Gasteiger partial charge in [0.1, 0.15) is 11.2 Å². The summed E-state index contributed by atoms with van der Waals surface area (Å²) in [6.07, 6.45) is 0.660. The Labute approximate surface area is 123 Å². The molecule has 0 radical (unpaired) electrons. The van der Waals surface area contributed by atoms with Gasteiger partial charge in [0, 0.05) is 20.3 Å². The van der Waals surface area contributed by atoms with E-state index in [-0.39, 0.29) is 5.69 Å². The molecule has 2 N–H and O–H groups in total. The smallest absolute Gasteiger partial charge is 0.239 e. The molecule has 0 unspecified atom stereocenters. The lowest BCUT2D eigenvalue weighted by Gasteiger charge is -2.22. The first-order valence-electron chi connectivity index (χ1n) is 6.73. The van der Waals surface area contributed by atoms with Gasteiger partial charge in [0.2, 0.25) is 11.8 Å². The molecule has 0 saturated heterocycles. The van der Waals surface area contributed by atoms with Crippen molar-refractivity contribution in [2.75, 3.05) is 25.6 Å². The molecule has 21 heavy (non-hydrogen) atoms. The normalized spacial score (nSPS) is 11.0. The van der Waals surface area contributed by atoms with Crippen molar-refractivity contribution in [1.82, 2.24) is 5.32 Å². The van der Waals surface area contributed by atoms with Crippen molar-refractivity contribution in [3.63, 3.8) is 0 Å². The van der Waals surface area contributed by atoms with Crippen LogP contribution in [0.1, 0.15) is 20.3 Å². The molecule has 0 bridgehead atoms. The standard InChI is InChI=1S/C15H21FN2O3/c1-15(2,13(19)17-9-6-10-21-3)14(20)18-12-8-5-4-7-11(12)16/h4-5,7-8H,6,9-10H2,1-3H3,(H,17,19)(H,18,20). The largest absolute Gasteiger partial charge is 0.385 e. The maximum Gasteiger partial charge on any atom is 0.239 e. The van der Waals surface area contributed by atoms with E-state index in [4.69, 9.17) is 4.74 Å². The van der Waals surface area contributed by atoms with E-state index in [0.717, 1.165) is 0 Å². The molecule has 0 fully saturated rings. The highest BCUT2D eigenvalue weighted by Gasteiger charge is 2.36. The second-order valence-corrected chi connectivity index (χ2v) is 5.16. The third-order valence-electron chi connectivity index (χ3n) is 3.07. The van der Waals surface area contributed by atoms with E-state index in [0.29, 0.717) is 19.6 Å². The molecule has 0 aliphatic carbocycles. The minimum atomic E-state index is -1.30. The van der Waals surface area contributed by atoms with Gasteiger partial charge in [-0.2, -0.15) is 0 Å². The van der Waals surface area contributed by atoms with Crippen molar-refractivity contribution >= 4 is 17.5 Å². The number of rotatable bonds is 7. The molecular weight excluding hydrogens is 275 g/mol. The third-order valence-corrected chi connectivity index (χ3v) is 3.07. The Bertz CT molecular complexity index is 503. The molecule has 0 spiro atoms. The number of nitrogens with one attached hydrogen (secondary N) is 2. The molecule has 0 atom stereocenters. The van der Waals surface area contributed by atoms with Gasteiger partial charge in [-0.05, 0) is 32.4 Å². The van der Waals surface area contributed by atoms with Crippen molar-refractivity contribution in [3.05, 3.63) is 30.1 Å². The molecule has 1 aromatic rings. The molecule has 0 aliphatic rings. The number of carbonyl (C=O) groups is 2. The lowest BCUT2D eigenvalue weighted by molar-refractivity contribution is -0.138. The fraction of sp³-hybridized carbons (Fsp3) is 0.467. The predicted molar refractivity (Wildman–Crippen MR) is 78.3 cm³/mol. The molecule has 1 rings (SSSR count). The Balaban J connectivity index is 2.62. The number of hydrogen-bond donors (Lipinski definition) is 2. The summed E-state index contributed by atoms with van der Waals surface area (Å²) in [6, 6.07) is 5.82. The second kappa shape index (κ2) is 7.73. The molecule has 0 aromatic heterocycles. The lowest BCUT2D eigenvalue weighted by Crippen LogP contribution is -2.45. The van der Waals surface area contributed by atoms with E-state index < -0.39 is 23.0 Å². The highest BCUT2D eigenvalue weighted by Crippen LogP contribution is 2.20. The van der Waals surface area contributed by atoms with Crippen LogP contribution in [0.25, 0.3) is 0 Å². The van der Waals surface area contributed by atoms with E-state index in [2.05, 4.69) is 10.6 Å². The number of benzene rings is 1. The summed E-state index contributed by atoms with van der Waals surface area (Å²) in [5.41, 5.74) is -1.24. The van der Waals surface area contributed by atoms with Gasteiger partial charge < -0.3 is 15.4 Å². The Morgan fingerprint density at radius 2 is 1.90 bits per heavy atom. The molecule has 0 aliphatic heterocycles. The Morgan fingerprint density at radius 3 is 2.52 bits per heavy atom. The summed E-state index contributed by atoms with van der Waals surface area (Å²) in [5.74, 6) is -1.51. The van der Waals surface area contributed by atoms with Crippen LogP contribution in [0.5, 0.6) is 0 Å². The van der Waals surface area contributed by atoms with Gasteiger partial charge in [-0.1, -0.05) is 12.1 Å². The van der Waals surface area contributed by atoms with Crippen molar-refractivity contribution in [3.8, 4) is 0 Å². The highest BCUT2D eigenvalue weighted by atomic mass is 19.1. The molecule has 1 aromatic carbocycles. The van der Waals surface area contributed by atoms with Gasteiger partial charge in [-0.25, -0.2) is 4.39 Å². The van der Waals surface area contributed by atoms with Crippen LogP contribution in [0.3, 0.4) is 0 Å². The van der Waals surface area contributed by atoms with Gasteiger partial charge in [0.25, 0.3) is 0 Å². The number of halogens is 1. The first-order chi connectivity index (χ1) is 9.89. The van der Waals surface area contributed by atoms with Gasteiger partial charge in [-0.15, -0.1) is 0 Å². The SMILES string of the molecule is COCCCNC(=O)C(C)(C)C(=O)Nc1ccccc1F. The third kappa shape index (κ3) is 4.82. The molecular formula is C15H21FN2O3. The summed E-state index contributed by atoms with van der Waals surface area (Å²) < 4.78 is 18.4. The summed E-state index contributed by atoms with van der Waals surface area (Å²) in [5, 5.41) is 5.10. The van der Waals surface area contributed by atoms with Gasteiger partial charge in [-0.3, -0.25) is 9.59 Å². The zero-order valence-corrected chi connectivity index (χ0v) is 12.5. The van der Waals surface area contributed by atoms with Crippen LogP contribution in [-0.2, 0) is 14.3 Å². The number of para-hydroxylation sites is 1. The molecule has 6 heteroatoms. The lowest BCUT2D eigenvalue weighted by atomic mass is 9.91. The average molecular weight is 296 g/mol.